The van der Waals surface area contributed by atoms with Crippen LogP contribution in [0.5, 0.6) is 0 Å². The number of hydrogen-bond donors (Lipinski definition) is 1. The summed E-state index contributed by atoms with van der Waals surface area (Å²) in [4.78, 5) is 41.8. The Bertz CT molecular complexity index is 853. The third kappa shape index (κ3) is 5.63. The monoisotopic (exact) mass is 425 g/mol. The van der Waals surface area contributed by atoms with Gasteiger partial charge in [-0.3, -0.25) is 14.4 Å². The number of carbonyl (C=O) groups excluding carboxylic acids is 3. The minimum atomic E-state index is -0.568. The molecule has 3 amide bonds. The maximum atomic E-state index is 13.1. The van der Waals surface area contributed by atoms with Crippen molar-refractivity contribution in [3.8, 4) is 0 Å². The van der Waals surface area contributed by atoms with Gasteiger partial charge in [0.15, 0.2) is 0 Å². The first-order valence-electron chi connectivity index (χ1n) is 10.1. The van der Waals surface area contributed by atoms with Crippen LogP contribution < -0.4 is 5.32 Å². The standard InChI is InChI=1S/C23H27N3O3S/c1-30-17-12-20(24-21(27)18-8-4-2-5-9-18)23(29)26-15-13-25(14-16-26)22(28)19-10-6-3-7-11-19/h2-11,20H,12-17H2,1H3,(H,24,27)/t20-/m0/s1. The molecule has 2 aromatic carbocycles. The van der Waals surface area contributed by atoms with Crippen LogP contribution >= 0.6 is 11.8 Å². The maximum Gasteiger partial charge on any atom is 0.253 e. The van der Waals surface area contributed by atoms with Crippen LogP contribution in [0.15, 0.2) is 60.7 Å². The summed E-state index contributed by atoms with van der Waals surface area (Å²) in [6.45, 7) is 1.91. The predicted molar refractivity (Wildman–Crippen MR) is 120 cm³/mol. The van der Waals surface area contributed by atoms with Gasteiger partial charge in [-0.15, -0.1) is 0 Å². The van der Waals surface area contributed by atoms with Gasteiger partial charge in [-0.25, -0.2) is 0 Å². The fourth-order valence-corrected chi connectivity index (χ4v) is 3.91. The van der Waals surface area contributed by atoms with E-state index in [1.807, 2.05) is 30.5 Å². The number of nitrogens with one attached hydrogen (secondary N) is 1. The highest BCUT2D eigenvalue weighted by atomic mass is 32.2. The number of carbonyl (C=O) groups is 3. The molecule has 30 heavy (non-hydrogen) atoms. The average Bonchev–Trinajstić information content (AvgIpc) is 2.82. The first kappa shape index (κ1) is 21.9. The summed E-state index contributed by atoms with van der Waals surface area (Å²) in [5, 5.41) is 2.90. The van der Waals surface area contributed by atoms with Crippen LogP contribution in [0.3, 0.4) is 0 Å². The van der Waals surface area contributed by atoms with Gasteiger partial charge in [0.05, 0.1) is 0 Å². The Hall–Kier alpha value is -2.80. The van der Waals surface area contributed by atoms with Gasteiger partial charge in [0.1, 0.15) is 6.04 Å². The van der Waals surface area contributed by atoms with E-state index in [1.54, 1.807) is 58.0 Å². The SMILES string of the molecule is CSCC[C@H](NC(=O)c1ccccc1)C(=O)N1CCN(C(=O)c2ccccc2)CC1. The van der Waals surface area contributed by atoms with Crippen molar-refractivity contribution in [1.29, 1.82) is 0 Å². The number of hydrogen-bond acceptors (Lipinski definition) is 4. The molecule has 1 fully saturated rings. The lowest BCUT2D eigenvalue weighted by molar-refractivity contribution is -0.134. The fraction of sp³-hybridized carbons (Fsp3) is 0.348. The second-order valence-electron chi connectivity index (χ2n) is 7.16. The summed E-state index contributed by atoms with van der Waals surface area (Å²) in [5.41, 5.74) is 1.20. The van der Waals surface area contributed by atoms with Crippen LogP contribution in [0.25, 0.3) is 0 Å². The zero-order valence-corrected chi connectivity index (χ0v) is 17.9. The van der Waals surface area contributed by atoms with Gasteiger partial charge < -0.3 is 15.1 Å². The maximum absolute atomic E-state index is 13.1. The average molecular weight is 426 g/mol. The van der Waals surface area contributed by atoms with E-state index in [4.69, 9.17) is 0 Å². The third-order valence-corrected chi connectivity index (χ3v) is 5.79. The topological polar surface area (TPSA) is 69.7 Å². The lowest BCUT2D eigenvalue weighted by Gasteiger charge is -2.36. The van der Waals surface area contributed by atoms with Gasteiger partial charge >= 0.3 is 0 Å². The number of amides is 3. The molecule has 1 aliphatic heterocycles. The lowest BCUT2D eigenvalue weighted by atomic mass is 10.1. The van der Waals surface area contributed by atoms with E-state index in [2.05, 4.69) is 5.32 Å². The molecule has 0 aromatic heterocycles. The van der Waals surface area contributed by atoms with E-state index < -0.39 is 6.04 Å². The molecule has 3 rings (SSSR count). The number of piperazine rings is 1. The van der Waals surface area contributed by atoms with Crippen LogP contribution in [0.4, 0.5) is 0 Å². The number of thioether (sulfide) groups is 1. The highest BCUT2D eigenvalue weighted by molar-refractivity contribution is 7.98. The van der Waals surface area contributed by atoms with Crippen molar-refractivity contribution in [2.75, 3.05) is 38.2 Å². The molecule has 2 aromatic rings. The Kier molecular flexibility index (Phi) is 7.90. The summed E-state index contributed by atoms with van der Waals surface area (Å²) in [6.07, 6.45) is 2.55. The van der Waals surface area contributed by atoms with Gasteiger partial charge in [0.25, 0.3) is 11.8 Å². The molecular formula is C23H27N3O3S. The quantitative estimate of drug-likeness (QED) is 0.740. The second kappa shape index (κ2) is 10.8. The Morgan fingerprint density at radius 2 is 1.40 bits per heavy atom. The lowest BCUT2D eigenvalue weighted by Crippen LogP contribution is -2.56. The molecule has 1 N–H and O–H groups in total. The summed E-state index contributed by atoms with van der Waals surface area (Å²) >= 11 is 1.64. The molecule has 1 heterocycles. The van der Waals surface area contributed by atoms with E-state index in [0.29, 0.717) is 43.7 Å². The molecule has 7 heteroatoms. The molecule has 0 spiro atoms. The van der Waals surface area contributed by atoms with Crippen molar-refractivity contribution >= 4 is 29.5 Å². The Balaban J connectivity index is 1.60. The van der Waals surface area contributed by atoms with E-state index >= 15 is 0 Å². The number of benzene rings is 2. The van der Waals surface area contributed by atoms with Crippen molar-refractivity contribution in [2.45, 2.75) is 12.5 Å². The van der Waals surface area contributed by atoms with Crippen LogP contribution in [0, 0.1) is 0 Å². The first-order chi connectivity index (χ1) is 14.6. The number of nitrogens with zero attached hydrogens (tertiary/aromatic N) is 2. The molecule has 0 unspecified atom stereocenters. The minimum absolute atomic E-state index is 0.0148. The summed E-state index contributed by atoms with van der Waals surface area (Å²) < 4.78 is 0. The zero-order valence-electron chi connectivity index (χ0n) is 17.1. The van der Waals surface area contributed by atoms with Crippen molar-refractivity contribution in [3.05, 3.63) is 71.8 Å². The molecule has 1 aliphatic rings. The summed E-state index contributed by atoms with van der Waals surface area (Å²) in [5.74, 6) is 0.435. The van der Waals surface area contributed by atoms with Crippen LogP contribution in [0.1, 0.15) is 27.1 Å². The molecule has 6 nitrogen and oxygen atoms in total. The van der Waals surface area contributed by atoms with Gasteiger partial charge in [-0.05, 0) is 42.7 Å². The second-order valence-corrected chi connectivity index (χ2v) is 8.14. The van der Waals surface area contributed by atoms with E-state index in [0.717, 1.165) is 5.75 Å². The van der Waals surface area contributed by atoms with Gasteiger partial charge in [0, 0.05) is 37.3 Å². The van der Waals surface area contributed by atoms with Crippen molar-refractivity contribution in [2.24, 2.45) is 0 Å². The highest BCUT2D eigenvalue weighted by Gasteiger charge is 2.30. The summed E-state index contributed by atoms with van der Waals surface area (Å²) in [7, 11) is 0. The first-order valence-corrected chi connectivity index (χ1v) is 11.5. The van der Waals surface area contributed by atoms with Crippen LogP contribution in [0.2, 0.25) is 0 Å². The molecule has 0 saturated carbocycles. The van der Waals surface area contributed by atoms with Gasteiger partial charge in [-0.1, -0.05) is 36.4 Å². The molecule has 158 valence electrons. The van der Waals surface area contributed by atoms with Crippen molar-refractivity contribution < 1.29 is 14.4 Å². The van der Waals surface area contributed by atoms with E-state index in [9.17, 15) is 14.4 Å². The smallest absolute Gasteiger partial charge is 0.253 e. The Morgan fingerprint density at radius 3 is 1.97 bits per heavy atom. The minimum Gasteiger partial charge on any atom is -0.340 e. The van der Waals surface area contributed by atoms with E-state index in [-0.39, 0.29) is 17.7 Å². The third-order valence-electron chi connectivity index (χ3n) is 5.15. The molecule has 0 radical (unpaired) electrons. The largest absolute Gasteiger partial charge is 0.340 e. The van der Waals surface area contributed by atoms with Crippen molar-refractivity contribution in [1.82, 2.24) is 15.1 Å². The molecule has 0 bridgehead atoms. The summed E-state index contributed by atoms with van der Waals surface area (Å²) in [6, 6.07) is 17.5. The molecule has 1 saturated heterocycles. The van der Waals surface area contributed by atoms with Crippen LogP contribution in [-0.4, -0.2) is 71.8 Å². The van der Waals surface area contributed by atoms with Crippen LogP contribution in [-0.2, 0) is 4.79 Å². The Morgan fingerprint density at radius 1 is 0.867 bits per heavy atom. The Labute approximate surface area is 181 Å². The predicted octanol–water partition coefficient (Wildman–Crippen LogP) is 2.52. The van der Waals surface area contributed by atoms with Gasteiger partial charge in [-0.2, -0.15) is 11.8 Å². The number of rotatable bonds is 7. The highest BCUT2D eigenvalue weighted by Crippen LogP contribution is 2.12. The normalized spacial score (nSPS) is 14.8. The zero-order chi connectivity index (χ0) is 21.3. The molecule has 1 atom stereocenters. The molecule has 0 aliphatic carbocycles. The molecular weight excluding hydrogens is 398 g/mol. The fourth-order valence-electron chi connectivity index (χ4n) is 3.44. The van der Waals surface area contributed by atoms with Gasteiger partial charge in [0.2, 0.25) is 5.91 Å². The van der Waals surface area contributed by atoms with E-state index in [1.165, 1.54) is 0 Å². The van der Waals surface area contributed by atoms with Crippen molar-refractivity contribution in [3.63, 3.8) is 0 Å².